The molecule has 1 aromatic rings. The van der Waals surface area contributed by atoms with Crippen LogP contribution in [0.15, 0.2) is 39.3 Å². The Kier molecular flexibility index (Phi) is 7.97. The molecule has 2 N–H and O–H groups in total. The van der Waals surface area contributed by atoms with E-state index in [1.54, 1.807) is 0 Å². The van der Waals surface area contributed by atoms with Crippen LogP contribution in [0.25, 0.3) is 0 Å². The number of hydrogen-bond acceptors (Lipinski definition) is 2. The molecule has 4 rings (SSSR count). The number of halogens is 2. The van der Waals surface area contributed by atoms with Gasteiger partial charge in [-0.2, -0.15) is 0 Å². The summed E-state index contributed by atoms with van der Waals surface area (Å²) in [7, 11) is 0. The van der Waals surface area contributed by atoms with Crippen molar-refractivity contribution in [2.24, 2.45) is 23.7 Å². The summed E-state index contributed by atoms with van der Waals surface area (Å²) < 4.78 is 2.24. The van der Waals surface area contributed by atoms with E-state index in [1.165, 1.54) is 31.2 Å². The summed E-state index contributed by atoms with van der Waals surface area (Å²) in [4.78, 5) is 10.7. The van der Waals surface area contributed by atoms with Gasteiger partial charge in [0.2, 0.25) is 0 Å². The zero-order valence-corrected chi connectivity index (χ0v) is 18.8. The fourth-order valence-corrected chi connectivity index (χ4v) is 6.07. The number of rotatable bonds is 9. The molecule has 5 heteroatoms. The molecule has 27 heavy (non-hydrogen) atoms. The standard InChI is InChI=1S/C22H29Br2NO2/c23-18-11-10-17(21(24)12-18)13-25-14-20-16-8-6-15(7-9-16)19(20)4-2-1-3-5-22(26)27/h2,4,10-12,15-16,19-20,25H,1,3,5-9,13-14H2,(H,26,27)/b4-2-/t15?,16?,19-,20-/m0/s1. The summed E-state index contributed by atoms with van der Waals surface area (Å²) in [6.07, 6.45) is 12.0. The Balaban J connectivity index is 1.54. The molecule has 3 aliphatic carbocycles. The molecule has 0 radical (unpaired) electrons. The van der Waals surface area contributed by atoms with Crippen molar-refractivity contribution in [3.8, 4) is 0 Å². The minimum absolute atomic E-state index is 0.272. The highest BCUT2D eigenvalue weighted by molar-refractivity contribution is 9.11. The number of benzene rings is 1. The number of carbonyl (C=O) groups is 1. The predicted molar refractivity (Wildman–Crippen MR) is 117 cm³/mol. The molecule has 1 aromatic carbocycles. The van der Waals surface area contributed by atoms with E-state index < -0.39 is 5.97 Å². The summed E-state index contributed by atoms with van der Waals surface area (Å²) in [6, 6.07) is 6.35. The van der Waals surface area contributed by atoms with E-state index in [9.17, 15) is 4.79 Å². The van der Waals surface area contributed by atoms with Gasteiger partial charge in [0, 0.05) is 21.9 Å². The van der Waals surface area contributed by atoms with Crippen LogP contribution in [-0.2, 0) is 11.3 Å². The van der Waals surface area contributed by atoms with E-state index in [0.717, 1.165) is 46.7 Å². The van der Waals surface area contributed by atoms with Crippen molar-refractivity contribution in [3.05, 3.63) is 44.9 Å². The minimum Gasteiger partial charge on any atom is -0.481 e. The van der Waals surface area contributed by atoms with E-state index in [0.29, 0.717) is 11.8 Å². The monoisotopic (exact) mass is 497 g/mol. The fraction of sp³-hybridized carbons (Fsp3) is 0.591. The van der Waals surface area contributed by atoms with Crippen LogP contribution in [0.1, 0.15) is 50.5 Å². The quantitative estimate of drug-likeness (QED) is 0.316. The van der Waals surface area contributed by atoms with Gasteiger partial charge in [-0.15, -0.1) is 0 Å². The first-order chi connectivity index (χ1) is 13.0. The first-order valence-electron chi connectivity index (χ1n) is 10.1. The van der Waals surface area contributed by atoms with Crippen molar-refractivity contribution in [3.63, 3.8) is 0 Å². The molecule has 0 aliphatic heterocycles. The Hall–Kier alpha value is -0.650. The minimum atomic E-state index is -0.693. The van der Waals surface area contributed by atoms with Crippen LogP contribution >= 0.6 is 31.9 Å². The van der Waals surface area contributed by atoms with Gasteiger partial charge >= 0.3 is 5.97 Å². The normalized spacial score (nSPS) is 27.3. The third-order valence-electron chi connectivity index (χ3n) is 6.29. The van der Waals surface area contributed by atoms with Crippen molar-refractivity contribution in [2.75, 3.05) is 6.54 Å². The summed E-state index contributed by atoms with van der Waals surface area (Å²) in [5.41, 5.74) is 1.29. The summed E-state index contributed by atoms with van der Waals surface area (Å²) in [5, 5.41) is 12.5. The highest BCUT2D eigenvalue weighted by atomic mass is 79.9. The number of allylic oxidation sites excluding steroid dienone is 2. The van der Waals surface area contributed by atoms with Gasteiger partial charge in [-0.05, 0) is 86.4 Å². The van der Waals surface area contributed by atoms with Crippen molar-refractivity contribution >= 4 is 37.8 Å². The van der Waals surface area contributed by atoms with Crippen LogP contribution in [0.5, 0.6) is 0 Å². The molecule has 0 heterocycles. The largest absolute Gasteiger partial charge is 0.481 e. The molecule has 3 aliphatic rings. The zero-order valence-electron chi connectivity index (χ0n) is 15.7. The van der Waals surface area contributed by atoms with Crippen molar-refractivity contribution in [2.45, 2.75) is 51.5 Å². The lowest BCUT2D eigenvalue weighted by Gasteiger charge is -2.48. The van der Waals surface area contributed by atoms with E-state index in [1.807, 2.05) is 0 Å². The van der Waals surface area contributed by atoms with E-state index in [2.05, 4.69) is 67.5 Å². The molecule has 3 saturated carbocycles. The number of nitrogens with one attached hydrogen (secondary N) is 1. The van der Waals surface area contributed by atoms with Gasteiger partial charge in [0.05, 0.1) is 0 Å². The molecule has 3 nitrogen and oxygen atoms in total. The lowest BCUT2D eigenvalue weighted by Crippen LogP contribution is -2.43. The zero-order chi connectivity index (χ0) is 19.2. The summed E-state index contributed by atoms with van der Waals surface area (Å²) in [6.45, 7) is 1.95. The van der Waals surface area contributed by atoms with Crippen LogP contribution in [0, 0.1) is 23.7 Å². The van der Waals surface area contributed by atoms with Crippen molar-refractivity contribution in [1.29, 1.82) is 0 Å². The van der Waals surface area contributed by atoms with Gasteiger partial charge < -0.3 is 10.4 Å². The third kappa shape index (κ3) is 5.91. The van der Waals surface area contributed by atoms with Crippen LogP contribution in [0.3, 0.4) is 0 Å². The second-order valence-corrected chi connectivity index (χ2v) is 9.77. The maximum atomic E-state index is 10.7. The van der Waals surface area contributed by atoms with Crippen LogP contribution in [-0.4, -0.2) is 17.6 Å². The van der Waals surface area contributed by atoms with Crippen molar-refractivity contribution < 1.29 is 9.90 Å². The van der Waals surface area contributed by atoms with E-state index >= 15 is 0 Å². The van der Waals surface area contributed by atoms with E-state index in [-0.39, 0.29) is 6.42 Å². The lowest BCUT2D eigenvalue weighted by molar-refractivity contribution is -0.137. The molecule has 0 saturated heterocycles. The first-order valence-corrected chi connectivity index (χ1v) is 11.7. The molecule has 3 fully saturated rings. The molecule has 0 unspecified atom stereocenters. The molecule has 2 atom stereocenters. The number of aliphatic carboxylic acids is 1. The Morgan fingerprint density at radius 1 is 1.19 bits per heavy atom. The Bertz CT molecular complexity index is 668. The summed E-state index contributed by atoms with van der Waals surface area (Å²) >= 11 is 7.16. The van der Waals surface area contributed by atoms with Crippen LogP contribution < -0.4 is 5.32 Å². The average Bonchev–Trinajstić information content (AvgIpc) is 2.64. The topological polar surface area (TPSA) is 49.3 Å². The van der Waals surface area contributed by atoms with Gasteiger partial charge in [0.25, 0.3) is 0 Å². The van der Waals surface area contributed by atoms with E-state index in [4.69, 9.17) is 5.11 Å². The number of carboxylic acids is 1. The maximum absolute atomic E-state index is 10.7. The first kappa shape index (κ1) is 21.1. The molecule has 0 spiro atoms. The van der Waals surface area contributed by atoms with Gasteiger partial charge in [-0.25, -0.2) is 0 Å². The SMILES string of the molecule is O=C(O)CCC/C=C\[C@H]1C2CCC(CC2)[C@@H]1CNCc1ccc(Br)cc1Br. The number of fused-ring (bicyclic) bond motifs is 3. The number of carboxylic acid groups (broad SMARTS) is 1. The summed E-state index contributed by atoms with van der Waals surface area (Å²) in [5.74, 6) is 2.33. The van der Waals surface area contributed by atoms with Crippen molar-refractivity contribution in [1.82, 2.24) is 5.32 Å². The lowest BCUT2D eigenvalue weighted by atomic mass is 9.58. The molecule has 0 amide bonds. The number of unbranched alkanes of at least 4 members (excludes halogenated alkanes) is 1. The molecule has 2 bridgehead atoms. The smallest absolute Gasteiger partial charge is 0.303 e. The highest BCUT2D eigenvalue weighted by Crippen LogP contribution is 2.49. The van der Waals surface area contributed by atoms with Gasteiger partial charge in [-0.1, -0.05) is 50.1 Å². The van der Waals surface area contributed by atoms with Gasteiger partial charge in [0.1, 0.15) is 0 Å². The third-order valence-corrected chi connectivity index (χ3v) is 7.52. The average molecular weight is 499 g/mol. The molecule has 148 valence electrons. The van der Waals surface area contributed by atoms with Crippen LogP contribution in [0.2, 0.25) is 0 Å². The van der Waals surface area contributed by atoms with Crippen LogP contribution in [0.4, 0.5) is 0 Å². The second-order valence-electron chi connectivity index (χ2n) is 8.00. The molecular weight excluding hydrogens is 470 g/mol. The maximum Gasteiger partial charge on any atom is 0.303 e. The second kappa shape index (κ2) is 10.2. The number of hydrogen-bond donors (Lipinski definition) is 2. The highest BCUT2D eigenvalue weighted by Gasteiger charge is 2.41. The predicted octanol–water partition coefficient (Wildman–Crippen LogP) is 6.16. The Morgan fingerprint density at radius 2 is 1.93 bits per heavy atom. The fourth-order valence-electron chi connectivity index (χ4n) is 4.89. The molecular formula is C22H29Br2NO2. The van der Waals surface area contributed by atoms with Gasteiger partial charge in [0.15, 0.2) is 0 Å². The Morgan fingerprint density at radius 3 is 2.63 bits per heavy atom. The Labute approximate surface area is 179 Å². The molecule has 0 aromatic heterocycles. The van der Waals surface area contributed by atoms with Gasteiger partial charge in [-0.3, -0.25) is 4.79 Å².